The lowest BCUT2D eigenvalue weighted by molar-refractivity contribution is -0.117. The average Bonchev–Trinajstić information content (AvgIpc) is 3.40. The lowest BCUT2D eigenvalue weighted by atomic mass is 9.97. The van der Waals surface area contributed by atoms with Gasteiger partial charge in [-0.25, -0.2) is 9.97 Å². The number of Topliss-reactive ketones (excluding diaryl/α,β-unsaturated/α-hetero) is 1. The van der Waals surface area contributed by atoms with Crippen LogP contribution < -0.4 is 10.2 Å². The smallest absolute Gasteiger partial charge is 0.248 e. The van der Waals surface area contributed by atoms with Crippen LogP contribution in [0.3, 0.4) is 0 Å². The Balaban J connectivity index is 1.21. The van der Waals surface area contributed by atoms with E-state index in [4.69, 9.17) is 4.74 Å². The molecule has 1 amide bonds. The molecule has 2 aromatic carbocycles. The van der Waals surface area contributed by atoms with Gasteiger partial charge in [0.25, 0.3) is 0 Å². The number of ketones is 1. The monoisotopic (exact) mass is 552 g/mol. The quantitative estimate of drug-likeness (QED) is 0.285. The van der Waals surface area contributed by atoms with Crippen LogP contribution in [0.4, 0.5) is 11.5 Å². The van der Waals surface area contributed by atoms with E-state index >= 15 is 0 Å². The van der Waals surface area contributed by atoms with Crippen LogP contribution in [0, 0.1) is 6.92 Å². The maximum atomic E-state index is 12.9. The molecule has 2 N–H and O–H groups in total. The summed E-state index contributed by atoms with van der Waals surface area (Å²) in [6.45, 7) is 5.75. The van der Waals surface area contributed by atoms with Gasteiger partial charge in [0.15, 0.2) is 0 Å². The fourth-order valence-electron chi connectivity index (χ4n) is 4.93. The molecule has 2 aromatic heterocycles. The van der Waals surface area contributed by atoms with E-state index in [0.717, 1.165) is 57.9 Å². The van der Waals surface area contributed by atoms with Gasteiger partial charge in [-0.15, -0.1) is 0 Å². The number of benzene rings is 2. The number of aryl methyl sites for hydroxylation is 1. The van der Waals surface area contributed by atoms with Crippen molar-refractivity contribution in [1.82, 2.24) is 19.9 Å². The molecule has 1 fully saturated rings. The van der Waals surface area contributed by atoms with Crippen molar-refractivity contribution in [3.05, 3.63) is 83.7 Å². The molecule has 9 heteroatoms. The minimum Gasteiger partial charge on any atom is -0.378 e. The molecule has 0 radical (unpaired) electrons. The number of amides is 1. The van der Waals surface area contributed by atoms with Crippen molar-refractivity contribution in [2.24, 2.45) is 0 Å². The molecule has 3 heterocycles. The summed E-state index contributed by atoms with van der Waals surface area (Å²) in [5.41, 5.74) is 6.51. The van der Waals surface area contributed by atoms with E-state index < -0.39 is 0 Å². The van der Waals surface area contributed by atoms with Gasteiger partial charge in [-0.2, -0.15) is 0 Å². The van der Waals surface area contributed by atoms with Gasteiger partial charge in [0.05, 0.1) is 18.6 Å². The molecular weight excluding hydrogens is 516 g/mol. The molecule has 5 rings (SSSR count). The Bertz CT molecular complexity index is 1550. The number of anilines is 2. The average molecular weight is 553 g/mol. The molecule has 212 valence electrons. The van der Waals surface area contributed by atoms with Gasteiger partial charge in [-0.05, 0) is 67.5 Å². The van der Waals surface area contributed by atoms with E-state index in [1.807, 2.05) is 68.4 Å². The molecule has 0 saturated carbocycles. The highest BCUT2D eigenvalue weighted by Gasteiger charge is 2.18. The number of carbonyl (C=O) groups excluding carboxylic acids is 2. The minimum absolute atomic E-state index is 0.139. The molecule has 1 aliphatic heterocycles. The Hall–Kier alpha value is -4.34. The Kier molecular flexibility index (Phi) is 8.86. The summed E-state index contributed by atoms with van der Waals surface area (Å²) in [7, 11) is 3.89. The molecule has 0 aliphatic carbocycles. The van der Waals surface area contributed by atoms with Gasteiger partial charge in [0.2, 0.25) is 5.91 Å². The first-order valence-corrected chi connectivity index (χ1v) is 13.8. The summed E-state index contributed by atoms with van der Waals surface area (Å²) in [5, 5.41) is 3.84. The molecule has 1 saturated heterocycles. The summed E-state index contributed by atoms with van der Waals surface area (Å²) in [4.78, 5) is 41.6. The number of H-pyrrole nitrogens is 1. The third-order valence-corrected chi connectivity index (χ3v) is 7.12. The fraction of sp³-hybridized carbons (Fsp3) is 0.312. The van der Waals surface area contributed by atoms with Gasteiger partial charge >= 0.3 is 0 Å². The molecule has 1 aliphatic rings. The minimum atomic E-state index is -0.174. The second-order valence-corrected chi connectivity index (χ2v) is 10.6. The van der Waals surface area contributed by atoms with Crippen molar-refractivity contribution in [3.63, 3.8) is 0 Å². The zero-order chi connectivity index (χ0) is 28.8. The van der Waals surface area contributed by atoms with Gasteiger partial charge in [-0.1, -0.05) is 30.3 Å². The summed E-state index contributed by atoms with van der Waals surface area (Å²) in [6.07, 6.45) is 5.64. The van der Waals surface area contributed by atoms with Gasteiger partial charge in [-0.3, -0.25) is 9.59 Å². The van der Waals surface area contributed by atoms with Crippen LogP contribution in [0.5, 0.6) is 0 Å². The third kappa shape index (κ3) is 7.25. The first-order valence-electron chi connectivity index (χ1n) is 13.8. The number of hydrogen-bond acceptors (Lipinski definition) is 7. The summed E-state index contributed by atoms with van der Waals surface area (Å²) in [5.74, 6) is 0.889. The molecule has 4 aromatic rings. The standard InChI is InChI=1S/C32H36N6O3/c1-22-17-25(29-20-28-31(36-29)33-21-34-32(28)38-13-15-41-16-14-38)9-8-24(22)19-27(39)18-23-6-10-26(11-7-23)35-30(40)5-4-12-37(2)3/h4-11,17,20-21H,12-16,18-19H2,1-3H3,(H,35,40)(H,33,34,36)/b5-4+. The van der Waals surface area contributed by atoms with Crippen molar-refractivity contribution in [3.8, 4) is 11.3 Å². The summed E-state index contributed by atoms with van der Waals surface area (Å²) in [6, 6.07) is 15.7. The summed E-state index contributed by atoms with van der Waals surface area (Å²) < 4.78 is 5.49. The number of morpholine rings is 1. The van der Waals surface area contributed by atoms with Crippen LogP contribution >= 0.6 is 0 Å². The number of nitrogens with zero attached hydrogens (tertiary/aromatic N) is 4. The van der Waals surface area contributed by atoms with Crippen molar-refractivity contribution in [2.45, 2.75) is 19.8 Å². The number of hydrogen-bond donors (Lipinski definition) is 2. The normalized spacial score (nSPS) is 13.8. The number of carbonyl (C=O) groups is 2. The van der Waals surface area contributed by atoms with Crippen LogP contribution in [-0.2, 0) is 27.2 Å². The predicted molar refractivity (Wildman–Crippen MR) is 162 cm³/mol. The highest BCUT2D eigenvalue weighted by Crippen LogP contribution is 2.30. The maximum Gasteiger partial charge on any atom is 0.248 e. The van der Waals surface area contributed by atoms with E-state index in [-0.39, 0.29) is 11.7 Å². The Morgan fingerprint density at radius 1 is 1.05 bits per heavy atom. The van der Waals surface area contributed by atoms with Crippen LogP contribution in [-0.4, -0.2) is 78.5 Å². The van der Waals surface area contributed by atoms with Crippen molar-refractivity contribution < 1.29 is 14.3 Å². The summed E-state index contributed by atoms with van der Waals surface area (Å²) >= 11 is 0. The van der Waals surface area contributed by atoms with E-state index in [1.54, 1.807) is 6.33 Å². The lowest BCUT2D eigenvalue weighted by Gasteiger charge is -2.27. The third-order valence-electron chi connectivity index (χ3n) is 7.12. The van der Waals surface area contributed by atoms with Gasteiger partial charge < -0.3 is 24.8 Å². The van der Waals surface area contributed by atoms with E-state index in [1.165, 1.54) is 6.08 Å². The topological polar surface area (TPSA) is 103 Å². The van der Waals surface area contributed by atoms with Crippen molar-refractivity contribution in [2.75, 3.05) is 57.2 Å². The second-order valence-electron chi connectivity index (χ2n) is 10.6. The highest BCUT2D eigenvalue weighted by atomic mass is 16.5. The first kappa shape index (κ1) is 28.2. The van der Waals surface area contributed by atoms with Crippen LogP contribution in [0.1, 0.15) is 16.7 Å². The fourth-order valence-corrected chi connectivity index (χ4v) is 4.93. The van der Waals surface area contributed by atoms with Crippen LogP contribution in [0.2, 0.25) is 0 Å². The van der Waals surface area contributed by atoms with E-state index in [2.05, 4.69) is 37.3 Å². The van der Waals surface area contributed by atoms with Crippen LogP contribution in [0.25, 0.3) is 22.3 Å². The SMILES string of the molecule is Cc1cc(-c2cc3c(N4CCOCC4)ncnc3[nH]2)ccc1CC(=O)Cc1ccc(NC(=O)/C=C/CN(C)C)cc1. The molecule has 0 atom stereocenters. The molecule has 0 spiro atoms. The number of aromatic amines is 1. The second kappa shape index (κ2) is 12.9. The molecule has 9 nitrogen and oxygen atoms in total. The number of rotatable bonds is 10. The zero-order valence-electron chi connectivity index (χ0n) is 23.8. The first-order chi connectivity index (χ1) is 19.9. The van der Waals surface area contributed by atoms with Gasteiger partial charge in [0.1, 0.15) is 23.6 Å². The maximum absolute atomic E-state index is 12.9. The molecule has 0 unspecified atom stereocenters. The number of aromatic nitrogens is 3. The molecule has 0 bridgehead atoms. The number of likely N-dealkylation sites (N-methyl/N-ethyl adjacent to an activating group) is 1. The molecule has 41 heavy (non-hydrogen) atoms. The Morgan fingerprint density at radius 3 is 2.56 bits per heavy atom. The van der Waals surface area contributed by atoms with Crippen molar-refractivity contribution >= 4 is 34.2 Å². The van der Waals surface area contributed by atoms with Gasteiger partial charge in [0, 0.05) is 49.9 Å². The number of ether oxygens (including phenoxy) is 1. The van der Waals surface area contributed by atoms with Crippen LogP contribution in [0.15, 0.2) is 67.0 Å². The van der Waals surface area contributed by atoms with E-state index in [0.29, 0.717) is 38.3 Å². The van der Waals surface area contributed by atoms with Crippen molar-refractivity contribution in [1.29, 1.82) is 0 Å². The number of fused-ring (bicyclic) bond motifs is 1. The number of nitrogens with one attached hydrogen (secondary N) is 2. The lowest BCUT2D eigenvalue weighted by Crippen LogP contribution is -2.36. The largest absolute Gasteiger partial charge is 0.378 e. The molecular formula is C32H36N6O3. The highest BCUT2D eigenvalue weighted by molar-refractivity contribution is 5.99. The van der Waals surface area contributed by atoms with E-state index in [9.17, 15) is 9.59 Å². The Labute approximate surface area is 240 Å². The Morgan fingerprint density at radius 2 is 1.83 bits per heavy atom. The zero-order valence-corrected chi connectivity index (χ0v) is 23.8. The predicted octanol–water partition coefficient (Wildman–Crippen LogP) is 4.18.